The van der Waals surface area contributed by atoms with E-state index < -0.39 is 5.91 Å². The van der Waals surface area contributed by atoms with Gasteiger partial charge in [0, 0.05) is 9.86 Å². The Bertz CT molecular complexity index is 963. The lowest BCUT2D eigenvalue weighted by Gasteiger charge is -2.03. The van der Waals surface area contributed by atoms with Crippen molar-refractivity contribution in [3.63, 3.8) is 0 Å². The number of aromatic nitrogens is 1. The Kier molecular flexibility index (Phi) is 4.35. The maximum atomic E-state index is 12.3. The molecule has 7 heteroatoms. The van der Waals surface area contributed by atoms with Gasteiger partial charge in [0.15, 0.2) is 5.69 Å². The highest BCUT2D eigenvalue weighted by molar-refractivity contribution is 9.10. The van der Waals surface area contributed by atoms with Gasteiger partial charge in [-0.05, 0) is 52.7 Å². The summed E-state index contributed by atoms with van der Waals surface area (Å²) in [5, 5.41) is 18.4. The van der Waals surface area contributed by atoms with E-state index in [-0.39, 0.29) is 11.6 Å². The Hall–Kier alpha value is -2.67. The summed E-state index contributed by atoms with van der Waals surface area (Å²) in [5.74, 6) is -0.274. The number of carbonyl (C=O) groups is 1. The van der Waals surface area contributed by atoms with Crippen molar-refractivity contribution in [1.29, 1.82) is 0 Å². The molecule has 0 radical (unpaired) electrons. The van der Waals surface area contributed by atoms with Gasteiger partial charge in [-0.2, -0.15) is 0 Å². The number of methoxy groups -OCH3 is 1. The van der Waals surface area contributed by atoms with Gasteiger partial charge in [0.25, 0.3) is 5.91 Å². The average molecular weight is 388 g/mol. The highest BCUT2D eigenvalue weighted by Crippen LogP contribution is 2.39. The molecule has 0 saturated carbocycles. The molecule has 24 heavy (non-hydrogen) atoms. The maximum Gasteiger partial charge on any atom is 0.299 e. The number of benzene rings is 2. The number of hydrogen-bond acceptors (Lipinski definition) is 4. The van der Waals surface area contributed by atoms with Gasteiger partial charge in [-0.15, -0.1) is 10.2 Å². The molecule has 0 fully saturated rings. The van der Waals surface area contributed by atoms with E-state index in [1.165, 1.54) is 7.11 Å². The highest BCUT2D eigenvalue weighted by Gasteiger charge is 2.15. The standard InChI is InChI=1S/C17H14BrN3O3/c1-9-7-11-14(12(18)8-9)19-17(23)15(11)20-21-16(22)10-5-3-4-6-13(10)24-2/h3-8,19,23H,1-2H3. The van der Waals surface area contributed by atoms with Crippen molar-refractivity contribution in [2.24, 2.45) is 10.2 Å². The number of amides is 1. The number of rotatable bonds is 3. The SMILES string of the molecule is COc1ccccc1C(=O)N=Nc1c(O)[nH]c2c(Br)cc(C)cc12. The van der Waals surface area contributed by atoms with E-state index in [1.807, 2.05) is 19.1 Å². The average Bonchev–Trinajstić information content (AvgIpc) is 2.88. The number of carbonyl (C=O) groups excluding carboxylic acids is 1. The number of nitrogens with zero attached hydrogens (tertiary/aromatic N) is 2. The summed E-state index contributed by atoms with van der Waals surface area (Å²) >= 11 is 3.43. The van der Waals surface area contributed by atoms with Gasteiger partial charge < -0.3 is 14.8 Å². The van der Waals surface area contributed by atoms with Crippen molar-refractivity contribution in [3.05, 3.63) is 52.0 Å². The summed E-state index contributed by atoms with van der Waals surface area (Å²) in [5.41, 5.74) is 2.20. The van der Waals surface area contributed by atoms with E-state index in [0.717, 1.165) is 10.0 Å². The third-order valence-electron chi connectivity index (χ3n) is 3.54. The van der Waals surface area contributed by atoms with Gasteiger partial charge in [0.05, 0.1) is 18.2 Å². The van der Waals surface area contributed by atoms with Crippen LogP contribution >= 0.6 is 15.9 Å². The predicted molar refractivity (Wildman–Crippen MR) is 94.2 cm³/mol. The Morgan fingerprint density at radius 2 is 2.04 bits per heavy atom. The van der Waals surface area contributed by atoms with Crippen LogP contribution in [0.25, 0.3) is 10.9 Å². The van der Waals surface area contributed by atoms with Crippen LogP contribution < -0.4 is 4.74 Å². The minimum absolute atomic E-state index is 0.145. The van der Waals surface area contributed by atoms with Crippen LogP contribution in [0.2, 0.25) is 0 Å². The number of aromatic amines is 1. The molecule has 0 aliphatic carbocycles. The first-order valence-electron chi connectivity index (χ1n) is 7.11. The minimum Gasteiger partial charge on any atom is -0.496 e. The zero-order valence-corrected chi connectivity index (χ0v) is 14.6. The van der Waals surface area contributed by atoms with E-state index >= 15 is 0 Å². The number of hydrogen-bond donors (Lipinski definition) is 2. The van der Waals surface area contributed by atoms with Crippen LogP contribution in [0, 0.1) is 6.92 Å². The number of aromatic hydroxyl groups is 1. The fourth-order valence-corrected chi connectivity index (χ4v) is 3.11. The first kappa shape index (κ1) is 16.2. The monoisotopic (exact) mass is 387 g/mol. The predicted octanol–water partition coefficient (Wildman–Crippen LogP) is 4.88. The van der Waals surface area contributed by atoms with E-state index in [9.17, 15) is 9.90 Å². The van der Waals surface area contributed by atoms with Crippen LogP contribution in [0.4, 0.5) is 5.69 Å². The molecule has 0 unspecified atom stereocenters. The van der Waals surface area contributed by atoms with Gasteiger partial charge in [-0.25, -0.2) is 0 Å². The largest absolute Gasteiger partial charge is 0.496 e. The number of para-hydroxylation sites is 1. The normalized spacial score (nSPS) is 11.3. The molecule has 0 aliphatic heterocycles. The van der Waals surface area contributed by atoms with Crippen molar-refractivity contribution in [3.8, 4) is 11.6 Å². The molecule has 2 N–H and O–H groups in total. The second kappa shape index (κ2) is 6.45. The third-order valence-corrected chi connectivity index (χ3v) is 4.16. The van der Waals surface area contributed by atoms with Crippen LogP contribution in [0.3, 0.4) is 0 Å². The lowest BCUT2D eigenvalue weighted by Crippen LogP contribution is -1.97. The second-order valence-electron chi connectivity index (χ2n) is 5.20. The van der Waals surface area contributed by atoms with Crippen LogP contribution in [-0.4, -0.2) is 23.1 Å². The molecular weight excluding hydrogens is 374 g/mol. The number of H-pyrrole nitrogens is 1. The molecule has 0 spiro atoms. The maximum absolute atomic E-state index is 12.3. The van der Waals surface area contributed by atoms with Gasteiger partial charge in [-0.3, -0.25) is 4.79 Å². The molecule has 3 rings (SSSR count). The first-order chi connectivity index (χ1) is 11.5. The Balaban J connectivity index is 2.02. The first-order valence-corrected chi connectivity index (χ1v) is 7.90. The number of aryl methyl sites for hydroxylation is 1. The van der Waals surface area contributed by atoms with E-state index in [1.54, 1.807) is 24.3 Å². The van der Waals surface area contributed by atoms with E-state index in [0.29, 0.717) is 22.2 Å². The van der Waals surface area contributed by atoms with Gasteiger partial charge in [0.1, 0.15) is 5.75 Å². The third kappa shape index (κ3) is 2.90. The lowest BCUT2D eigenvalue weighted by molar-refractivity contribution is 0.0992. The molecule has 0 bridgehead atoms. The number of azo groups is 1. The molecule has 0 atom stereocenters. The number of fused-ring (bicyclic) bond motifs is 1. The summed E-state index contributed by atoms with van der Waals surface area (Å²) in [4.78, 5) is 15.1. The molecular formula is C17H14BrN3O3. The smallest absolute Gasteiger partial charge is 0.299 e. The molecule has 1 aromatic heterocycles. The molecule has 2 aromatic carbocycles. The Morgan fingerprint density at radius 3 is 2.79 bits per heavy atom. The van der Waals surface area contributed by atoms with Crippen molar-refractivity contribution < 1.29 is 14.6 Å². The summed E-state index contributed by atoms with van der Waals surface area (Å²) in [6.45, 7) is 1.93. The number of ether oxygens (including phenoxy) is 1. The number of halogens is 1. The summed E-state index contributed by atoms with van der Waals surface area (Å²) in [6, 6.07) is 10.5. The van der Waals surface area contributed by atoms with Crippen molar-refractivity contribution >= 4 is 38.4 Å². The van der Waals surface area contributed by atoms with Crippen LogP contribution in [0.15, 0.2) is 51.1 Å². The zero-order chi connectivity index (χ0) is 17.3. The van der Waals surface area contributed by atoms with Gasteiger partial charge in [0.2, 0.25) is 5.88 Å². The molecule has 0 aliphatic rings. The topological polar surface area (TPSA) is 87.0 Å². The fraction of sp³-hybridized carbons (Fsp3) is 0.118. The Morgan fingerprint density at radius 1 is 1.29 bits per heavy atom. The molecule has 1 heterocycles. The van der Waals surface area contributed by atoms with E-state index in [4.69, 9.17) is 4.74 Å². The van der Waals surface area contributed by atoms with Crippen LogP contribution in [-0.2, 0) is 0 Å². The van der Waals surface area contributed by atoms with Gasteiger partial charge in [-0.1, -0.05) is 12.1 Å². The summed E-state index contributed by atoms with van der Waals surface area (Å²) < 4.78 is 5.94. The molecule has 1 amide bonds. The minimum atomic E-state index is -0.548. The second-order valence-corrected chi connectivity index (χ2v) is 6.05. The van der Waals surface area contributed by atoms with Crippen LogP contribution in [0.1, 0.15) is 15.9 Å². The Labute approximate surface area is 146 Å². The van der Waals surface area contributed by atoms with Gasteiger partial charge >= 0.3 is 0 Å². The molecule has 6 nitrogen and oxygen atoms in total. The molecule has 122 valence electrons. The quantitative estimate of drug-likeness (QED) is 0.627. The van der Waals surface area contributed by atoms with Crippen molar-refractivity contribution in [1.82, 2.24) is 4.98 Å². The fourth-order valence-electron chi connectivity index (χ4n) is 2.43. The van der Waals surface area contributed by atoms with Crippen molar-refractivity contribution in [2.75, 3.05) is 7.11 Å². The summed E-state index contributed by atoms with van der Waals surface area (Å²) in [7, 11) is 1.48. The zero-order valence-electron chi connectivity index (χ0n) is 13.0. The lowest BCUT2D eigenvalue weighted by atomic mass is 10.1. The summed E-state index contributed by atoms with van der Waals surface area (Å²) in [6.07, 6.45) is 0. The highest BCUT2D eigenvalue weighted by atomic mass is 79.9. The molecule has 3 aromatic rings. The van der Waals surface area contributed by atoms with E-state index in [2.05, 4.69) is 31.1 Å². The number of nitrogens with one attached hydrogen (secondary N) is 1. The van der Waals surface area contributed by atoms with Crippen molar-refractivity contribution in [2.45, 2.75) is 6.92 Å². The van der Waals surface area contributed by atoms with Crippen LogP contribution in [0.5, 0.6) is 11.6 Å². The molecule has 0 saturated heterocycles.